The zero-order valence-electron chi connectivity index (χ0n) is 26.8. The molecule has 0 aliphatic rings. The van der Waals surface area contributed by atoms with Crippen LogP contribution >= 0.6 is 0 Å². The fourth-order valence-corrected chi connectivity index (χ4v) is 4.72. The van der Waals surface area contributed by atoms with E-state index in [1.807, 2.05) is 55.5 Å². The number of phenols is 2. The summed E-state index contributed by atoms with van der Waals surface area (Å²) in [5.41, 5.74) is 5.37. The number of carbonyl (C=O) groups excluding carboxylic acids is 2. The fourth-order valence-electron chi connectivity index (χ4n) is 4.72. The lowest BCUT2D eigenvalue weighted by Gasteiger charge is -2.20. The Hall–Kier alpha value is -6.22. The Morgan fingerprint density at radius 1 is 0.625 bits per heavy atom. The largest absolute Gasteiger partial charge is 0.504 e. The molecule has 0 unspecified atom stereocenters. The first-order valence-electron chi connectivity index (χ1n) is 15.4. The Kier molecular flexibility index (Phi) is 10.6. The van der Waals surface area contributed by atoms with Gasteiger partial charge in [0.15, 0.2) is 23.0 Å². The van der Waals surface area contributed by atoms with Crippen LogP contribution in [-0.4, -0.2) is 47.7 Å². The second kappa shape index (κ2) is 15.4. The molecule has 9 nitrogen and oxygen atoms in total. The van der Waals surface area contributed by atoms with E-state index in [0.29, 0.717) is 11.4 Å². The molecule has 5 aromatic carbocycles. The Morgan fingerprint density at radius 2 is 1.04 bits per heavy atom. The number of hydrogen-bond acceptors (Lipinski definition) is 9. The van der Waals surface area contributed by atoms with Gasteiger partial charge in [0.05, 0.1) is 22.5 Å². The van der Waals surface area contributed by atoms with E-state index >= 15 is 0 Å². The highest BCUT2D eigenvalue weighted by Gasteiger charge is 2.16. The molecule has 0 spiro atoms. The highest BCUT2D eigenvalue weighted by molar-refractivity contribution is 5.95. The van der Waals surface area contributed by atoms with Crippen LogP contribution in [0.2, 0.25) is 0 Å². The predicted octanol–water partition coefficient (Wildman–Crippen LogP) is 8.19. The number of benzene rings is 5. The van der Waals surface area contributed by atoms with Gasteiger partial charge in [0, 0.05) is 43.3 Å². The van der Waals surface area contributed by atoms with Gasteiger partial charge in [-0.15, -0.1) is 0 Å². The van der Waals surface area contributed by atoms with E-state index in [9.17, 15) is 19.8 Å². The number of aliphatic imine (C=N–C) groups is 2. The lowest BCUT2D eigenvalue weighted by molar-refractivity contribution is 0.0716. The van der Waals surface area contributed by atoms with Crippen molar-refractivity contribution in [3.8, 4) is 23.0 Å². The van der Waals surface area contributed by atoms with Crippen LogP contribution in [0.5, 0.6) is 23.0 Å². The van der Waals surface area contributed by atoms with Gasteiger partial charge in [-0.05, 0) is 92.6 Å². The van der Waals surface area contributed by atoms with Gasteiger partial charge in [-0.25, -0.2) is 9.59 Å². The standard InChI is InChI=1S/C39H35N3O6/c1-4-42(5-2)33-18-10-28(11-19-33)25-41-32-17-21-37(35(44)23-32)48-39(46)30-14-12-29(13-15-30)38(45)47-36-20-16-31(22-34(36)43)40-24-27-8-6-26(3)7-9-27/h6-25,43-44H,4-5H2,1-3H3. The molecule has 9 heteroatoms. The van der Waals surface area contributed by atoms with E-state index in [2.05, 4.69) is 28.7 Å². The number of phenolic OH excluding ortho intramolecular Hbond substituents is 2. The molecular weight excluding hydrogens is 606 g/mol. The first-order chi connectivity index (χ1) is 23.2. The summed E-state index contributed by atoms with van der Waals surface area (Å²) < 4.78 is 10.7. The molecule has 2 N–H and O–H groups in total. The minimum absolute atomic E-state index is 0.0331. The number of hydrogen-bond donors (Lipinski definition) is 2. The van der Waals surface area contributed by atoms with Crippen LogP contribution in [0.4, 0.5) is 17.1 Å². The molecule has 0 aliphatic carbocycles. The lowest BCUT2D eigenvalue weighted by Crippen LogP contribution is -2.21. The van der Waals surface area contributed by atoms with Crippen LogP contribution in [0.15, 0.2) is 119 Å². The fraction of sp³-hybridized carbons (Fsp3) is 0.128. The maximum absolute atomic E-state index is 12.8. The van der Waals surface area contributed by atoms with Gasteiger partial charge < -0.3 is 24.6 Å². The molecule has 0 saturated carbocycles. The minimum atomic E-state index is -0.728. The van der Waals surface area contributed by atoms with Crippen LogP contribution in [0.1, 0.15) is 51.3 Å². The number of rotatable bonds is 11. The second-order valence-electron chi connectivity index (χ2n) is 10.9. The van der Waals surface area contributed by atoms with Crippen molar-refractivity contribution < 1.29 is 29.3 Å². The summed E-state index contributed by atoms with van der Waals surface area (Å²) in [6, 6.07) is 30.4. The molecule has 5 aromatic rings. The number of esters is 2. The van der Waals surface area contributed by atoms with Gasteiger partial charge in [0.25, 0.3) is 0 Å². The van der Waals surface area contributed by atoms with Crippen LogP contribution in [0, 0.1) is 6.92 Å². The topological polar surface area (TPSA) is 121 Å². The summed E-state index contributed by atoms with van der Waals surface area (Å²) in [7, 11) is 0. The molecule has 0 fully saturated rings. The van der Waals surface area contributed by atoms with Gasteiger partial charge in [0.1, 0.15) is 0 Å². The summed E-state index contributed by atoms with van der Waals surface area (Å²) >= 11 is 0. The van der Waals surface area contributed by atoms with E-state index in [1.165, 1.54) is 48.5 Å². The van der Waals surface area contributed by atoms with Gasteiger partial charge in [0.2, 0.25) is 0 Å². The first-order valence-corrected chi connectivity index (χ1v) is 15.4. The highest BCUT2D eigenvalue weighted by Crippen LogP contribution is 2.32. The number of ether oxygens (including phenoxy) is 2. The van der Waals surface area contributed by atoms with E-state index in [-0.39, 0.29) is 34.1 Å². The zero-order valence-corrected chi connectivity index (χ0v) is 26.8. The Morgan fingerprint density at radius 3 is 1.44 bits per heavy atom. The van der Waals surface area contributed by atoms with Crippen molar-refractivity contribution in [1.29, 1.82) is 0 Å². The molecule has 48 heavy (non-hydrogen) atoms. The summed E-state index contributed by atoms with van der Waals surface area (Å²) in [6.45, 7) is 8.08. The monoisotopic (exact) mass is 641 g/mol. The van der Waals surface area contributed by atoms with Crippen molar-refractivity contribution in [3.63, 3.8) is 0 Å². The van der Waals surface area contributed by atoms with E-state index in [0.717, 1.165) is 35.5 Å². The van der Waals surface area contributed by atoms with Crippen LogP contribution in [0.3, 0.4) is 0 Å². The Balaban J connectivity index is 1.16. The minimum Gasteiger partial charge on any atom is -0.504 e. The van der Waals surface area contributed by atoms with Crippen molar-refractivity contribution in [2.75, 3.05) is 18.0 Å². The quantitative estimate of drug-likeness (QED) is 0.0847. The maximum atomic E-state index is 12.8. The molecule has 0 aliphatic heterocycles. The molecule has 0 aromatic heterocycles. The van der Waals surface area contributed by atoms with Crippen LogP contribution < -0.4 is 14.4 Å². The molecule has 0 saturated heterocycles. The number of anilines is 1. The first kappa shape index (κ1) is 33.2. The van der Waals surface area contributed by atoms with Crippen LogP contribution in [0.25, 0.3) is 0 Å². The smallest absolute Gasteiger partial charge is 0.343 e. The average molecular weight is 642 g/mol. The third-order valence-corrected chi connectivity index (χ3v) is 7.47. The SMILES string of the molecule is CCN(CC)c1ccc(C=Nc2ccc(OC(=O)c3ccc(C(=O)Oc4ccc(N=Cc5ccc(C)cc5)cc4O)cc3)c(O)c2)cc1. The average Bonchev–Trinajstić information content (AvgIpc) is 3.10. The van der Waals surface area contributed by atoms with Crippen molar-refractivity contribution >= 4 is 41.4 Å². The molecule has 0 radical (unpaired) electrons. The lowest BCUT2D eigenvalue weighted by atomic mass is 10.1. The Labute approximate surface area is 279 Å². The molecule has 242 valence electrons. The zero-order chi connectivity index (χ0) is 34.0. The summed E-state index contributed by atoms with van der Waals surface area (Å²) in [6.07, 6.45) is 3.37. The third-order valence-electron chi connectivity index (χ3n) is 7.47. The molecule has 0 amide bonds. The normalized spacial score (nSPS) is 11.1. The van der Waals surface area contributed by atoms with Crippen LogP contribution in [-0.2, 0) is 0 Å². The molecular formula is C39H35N3O6. The Bertz CT molecular complexity index is 1950. The van der Waals surface area contributed by atoms with Gasteiger partial charge in [-0.1, -0.05) is 42.0 Å². The van der Waals surface area contributed by atoms with Gasteiger partial charge in [-0.3, -0.25) is 9.98 Å². The highest BCUT2D eigenvalue weighted by atomic mass is 16.5. The van der Waals surface area contributed by atoms with E-state index in [4.69, 9.17) is 9.47 Å². The number of aromatic hydroxyl groups is 2. The molecule has 0 heterocycles. The number of carbonyl (C=O) groups is 2. The third kappa shape index (κ3) is 8.52. The van der Waals surface area contributed by atoms with Crippen molar-refractivity contribution in [3.05, 3.63) is 137 Å². The molecule has 0 atom stereocenters. The van der Waals surface area contributed by atoms with Gasteiger partial charge >= 0.3 is 11.9 Å². The second-order valence-corrected chi connectivity index (χ2v) is 10.9. The number of aryl methyl sites for hydroxylation is 1. The van der Waals surface area contributed by atoms with Crippen molar-refractivity contribution in [2.24, 2.45) is 9.98 Å². The van der Waals surface area contributed by atoms with Crippen molar-refractivity contribution in [1.82, 2.24) is 0 Å². The van der Waals surface area contributed by atoms with E-state index in [1.54, 1.807) is 24.6 Å². The van der Waals surface area contributed by atoms with E-state index < -0.39 is 11.9 Å². The maximum Gasteiger partial charge on any atom is 0.343 e. The number of nitrogens with zero attached hydrogens (tertiary/aromatic N) is 3. The summed E-state index contributed by atoms with van der Waals surface area (Å²) in [5, 5.41) is 20.9. The summed E-state index contributed by atoms with van der Waals surface area (Å²) in [4.78, 5) is 36.5. The summed E-state index contributed by atoms with van der Waals surface area (Å²) in [5.74, 6) is -2.02. The molecule has 5 rings (SSSR count). The molecule has 0 bridgehead atoms. The van der Waals surface area contributed by atoms with Gasteiger partial charge in [-0.2, -0.15) is 0 Å². The predicted molar refractivity (Wildman–Crippen MR) is 188 cm³/mol. The van der Waals surface area contributed by atoms with Crippen molar-refractivity contribution in [2.45, 2.75) is 20.8 Å².